The topological polar surface area (TPSA) is 49.6 Å². The first-order valence-corrected chi connectivity index (χ1v) is 7.87. The summed E-state index contributed by atoms with van der Waals surface area (Å²) in [6, 6.07) is 0. The van der Waals surface area contributed by atoms with E-state index >= 15 is 0 Å². The molecular weight excluding hydrogens is 276 g/mol. The number of alkyl halides is 2. The summed E-state index contributed by atoms with van der Waals surface area (Å²) in [5.41, 5.74) is 5.73. The highest BCUT2D eigenvalue weighted by Crippen LogP contribution is 2.37. The molecular formula is C15H27F2N3O. The van der Waals surface area contributed by atoms with Crippen molar-refractivity contribution < 1.29 is 13.6 Å². The molecule has 21 heavy (non-hydrogen) atoms. The molecule has 0 aromatic heterocycles. The number of hydrogen-bond donors (Lipinski definition) is 1. The number of nitrogens with zero attached hydrogens (tertiary/aromatic N) is 2. The molecule has 1 saturated heterocycles. The van der Waals surface area contributed by atoms with Crippen LogP contribution in [0.4, 0.5) is 8.78 Å². The maximum absolute atomic E-state index is 13.2. The van der Waals surface area contributed by atoms with Crippen LogP contribution in [-0.2, 0) is 4.79 Å². The van der Waals surface area contributed by atoms with Crippen molar-refractivity contribution in [3.05, 3.63) is 0 Å². The van der Waals surface area contributed by atoms with Crippen LogP contribution < -0.4 is 5.73 Å². The number of piperazine rings is 1. The predicted octanol–water partition coefficient (Wildman–Crippen LogP) is 1.69. The van der Waals surface area contributed by atoms with E-state index in [0.717, 1.165) is 13.1 Å². The van der Waals surface area contributed by atoms with Gasteiger partial charge in [0.1, 0.15) is 0 Å². The molecule has 2 rings (SSSR count). The molecule has 0 unspecified atom stereocenters. The van der Waals surface area contributed by atoms with E-state index in [0.29, 0.717) is 32.5 Å². The Hall–Kier alpha value is -0.750. The van der Waals surface area contributed by atoms with Gasteiger partial charge in [0, 0.05) is 57.0 Å². The Morgan fingerprint density at radius 3 is 2.19 bits per heavy atom. The van der Waals surface area contributed by atoms with E-state index in [1.54, 1.807) is 0 Å². The first kappa shape index (κ1) is 16.6. The minimum absolute atomic E-state index is 0.0535. The molecule has 2 aliphatic rings. The predicted molar refractivity (Wildman–Crippen MR) is 78.2 cm³/mol. The quantitative estimate of drug-likeness (QED) is 0.863. The lowest BCUT2D eigenvalue weighted by Gasteiger charge is -2.44. The summed E-state index contributed by atoms with van der Waals surface area (Å²) in [5.74, 6) is -2.71. The fourth-order valence-electron chi connectivity index (χ4n) is 3.21. The second kappa shape index (κ2) is 6.16. The maximum atomic E-state index is 13.2. The highest BCUT2D eigenvalue weighted by Gasteiger charge is 2.39. The Bertz CT molecular complexity index is 369. The van der Waals surface area contributed by atoms with Gasteiger partial charge in [0.05, 0.1) is 0 Å². The molecule has 1 aliphatic heterocycles. The van der Waals surface area contributed by atoms with Crippen LogP contribution >= 0.6 is 0 Å². The summed E-state index contributed by atoms with van der Waals surface area (Å²) < 4.78 is 26.3. The summed E-state index contributed by atoms with van der Waals surface area (Å²) in [7, 11) is 0. The Morgan fingerprint density at radius 2 is 1.71 bits per heavy atom. The van der Waals surface area contributed by atoms with Crippen molar-refractivity contribution in [1.29, 1.82) is 0 Å². The van der Waals surface area contributed by atoms with E-state index < -0.39 is 5.92 Å². The molecule has 2 N–H and O–H groups in total. The van der Waals surface area contributed by atoms with Crippen LogP contribution in [0.25, 0.3) is 0 Å². The Balaban J connectivity index is 1.84. The van der Waals surface area contributed by atoms with Crippen LogP contribution in [-0.4, -0.2) is 59.9 Å². The van der Waals surface area contributed by atoms with E-state index in [4.69, 9.17) is 5.73 Å². The molecule has 2 fully saturated rings. The zero-order valence-electron chi connectivity index (χ0n) is 13.1. The normalized spacial score (nSPS) is 25.1. The highest BCUT2D eigenvalue weighted by atomic mass is 19.3. The number of hydrogen-bond acceptors (Lipinski definition) is 3. The van der Waals surface area contributed by atoms with Gasteiger partial charge >= 0.3 is 0 Å². The van der Waals surface area contributed by atoms with E-state index in [1.807, 2.05) is 4.90 Å². The summed E-state index contributed by atoms with van der Waals surface area (Å²) in [6.07, 6.45) is 0.341. The molecule has 0 radical (unpaired) electrons. The van der Waals surface area contributed by atoms with Gasteiger partial charge in [-0.15, -0.1) is 0 Å². The average Bonchev–Trinajstić information content (AvgIpc) is 2.47. The SMILES string of the molecule is CC(C)(CN)N1CCN(C(=O)C2CCC(F)(F)CC2)CC1. The first-order valence-electron chi connectivity index (χ1n) is 7.87. The van der Waals surface area contributed by atoms with Gasteiger partial charge in [0.25, 0.3) is 0 Å². The Kier molecular flexibility index (Phi) is 4.88. The molecule has 0 aromatic rings. The third-order valence-electron chi connectivity index (χ3n) is 5.01. The third kappa shape index (κ3) is 3.92. The van der Waals surface area contributed by atoms with Crippen molar-refractivity contribution in [3.63, 3.8) is 0 Å². The van der Waals surface area contributed by atoms with Crippen molar-refractivity contribution in [2.45, 2.75) is 51.0 Å². The fraction of sp³-hybridized carbons (Fsp3) is 0.933. The van der Waals surface area contributed by atoms with Crippen LogP contribution in [0, 0.1) is 5.92 Å². The molecule has 6 heteroatoms. The van der Waals surface area contributed by atoms with Gasteiger partial charge in [-0.25, -0.2) is 8.78 Å². The Labute approximate surface area is 125 Å². The largest absolute Gasteiger partial charge is 0.340 e. The molecule has 4 nitrogen and oxygen atoms in total. The number of carbonyl (C=O) groups is 1. The summed E-state index contributed by atoms with van der Waals surface area (Å²) >= 11 is 0. The second-order valence-electron chi connectivity index (χ2n) is 6.96. The smallest absolute Gasteiger partial charge is 0.248 e. The number of halogens is 2. The van der Waals surface area contributed by atoms with Crippen molar-refractivity contribution in [1.82, 2.24) is 9.80 Å². The van der Waals surface area contributed by atoms with Crippen molar-refractivity contribution in [2.24, 2.45) is 11.7 Å². The van der Waals surface area contributed by atoms with Gasteiger partial charge in [-0.05, 0) is 26.7 Å². The minimum atomic E-state index is -2.57. The van der Waals surface area contributed by atoms with Crippen LogP contribution in [0.15, 0.2) is 0 Å². The van der Waals surface area contributed by atoms with Gasteiger partial charge in [-0.2, -0.15) is 0 Å². The molecule has 1 aliphatic carbocycles. The Morgan fingerprint density at radius 1 is 1.19 bits per heavy atom. The summed E-state index contributed by atoms with van der Waals surface area (Å²) in [6.45, 7) is 7.75. The van der Waals surface area contributed by atoms with Gasteiger partial charge in [0.15, 0.2) is 0 Å². The van der Waals surface area contributed by atoms with E-state index in [9.17, 15) is 13.6 Å². The minimum Gasteiger partial charge on any atom is -0.340 e. The average molecular weight is 303 g/mol. The van der Waals surface area contributed by atoms with Gasteiger partial charge in [-0.3, -0.25) is 9.69 Å². The van der Waals surface area contributed by atoms with Crippen molar-refractivity contribution in [2.75, 3.05) is 32.7 Å². The van der Waals surface area contributed by atoms with Crippen LogP contribution in [0.3, 0.4) is 0 Å². The molecule has 0 bridgehead atoms. The lowest BCUT2D eigenvalue weighted by atomic mass is 9.85. The zero-order chi connectivity index (χ0) is 15.7. The second-order valence-corrected chi connectivity index (χ2v) is 6.96. The lowest BCUT2D eigenvalue weighted by Crippen LogP contribution is -2.58. The van der Waals surface area contributed by atoms with E-state index in [1.165, 1.54) is 0 Å². The summed E-state index contributed by atoms with van der Waals surface area (Å²) in [5, 5.41) is 0. The summed E-state index contributed by atoms with van der Waals surface area (Å²) in [4.78, 5) is 16.6. The zero-order valence-corrected chi connectivity index (χ0v) is 13.1. The highest BCUT2D eigenvalue weighted by molar-refractivity contribution is 5.79. The maximum Gasteiger partial charge on any atom is 0.248 e. The van der Waals surface area contributed by atoms with Gasteiger partial charge in [-0.1, -0.05) is 0 Å². The number of nitrogens with two attached hydrogens (primary N) is 1. The van der Waals surface area contributed by atoms with Crippen molar-refractivity contribution in [3.8, 4) is 0 Å². The van der Waals surface area contributed by atoms with Crippen LogP contribution in [0.5, 0.6) is 0 Å². The van der Waals surface area contributed by atoms with E-state index in [2.05, 4.69) is 18.7 Å². The monoisotopic (exact) mass is 303 g/mol. The molecule has 1 heterocycles. The number of carbonyl (C=O) groups excluding carboxylic acids is 1. The molecule has 122 valence electrons. The molecule has 0 atom stereocenters. The molecule has 1 saturated carbocycles. The van der Waals surface area contributed by atoms with Gasteiger partial charge < -0.3 is 10.6 Å². The number of rotatable bonds is 3. The molecule has 0 spiro atoms. The molecule has 0 aromatic carbocycles. The van der Waals surface area contributed by atoms with Gasteiger partial charge in [0.2, 0.25) is 11.8 Å². The first-order chi connectivity index (χ1) is 9.75. The lowest BCUT2D eigenvalue weighted by molar-refractivity contribution is -0.142. The van der Waals surface area contributed by atoms with E-state index in [-0.39, 0.29) is 30.2 Å². The van der Waals surface area contributed by atoms with Crippen molar-refractivity contribution >= 4 is 5.91 Å². The van der Waals surface area contributed by atoms with Crippen LogP contribution in [0.1, 0.15) is 39.5 Å². The number of amides is 1. The third-order valence-corrected chi connectivity index (χ3v) is 5.01. The van der Waals surface area contributed by atoms with Crippen LogP contribution in [0.2, 0.25) is 0 Å². The molecule has 1 amide bonds. The standard InChI is InChI=1S/C15H27F2N3O/c1-14(2,11-18)20-9-7-19(8-10-20)13(21)12-3-5-15(16,17)6-4-12/h12H,3-11,18H2,1-2H3. The fourth-order valence-corrected chi connectivity index (χ4v) is 3.21.